The molecule has 5 nitrogen and oxygen atoms in total. The average molecular weight is 459 g/mol. The summed E-state index contributed by atoms with van der Waals surface area (Å²) in [7, 11) is 0. The molecule has 1 heterocycles. The molecule has 182 valence electrons. The molecule has 1 aromatic carbocycles. The Morgan fingerprint density at radius 2 is 1.88 bits per heavy atom. The van der Waals surface area contributed by atoms with Crippen molar-refractivity contribution in [3.63, 3.8) is 0 Å². The van der Waals surface area contributed by atoms with Crippen molar-refractivity contribution in [2.75, 3.05) is 37.6 Å². The maximum absolute atomic E-state index is 13.2. The SMILES string of the molecule is CC(=O)O[C@@H]1C[C@@]2(O)[C@H](C)CC[C@@H](C(C)CN3CCN(c4ccc(F)cc4)CC3)[C@H]2C=C1C. The highest BCUT2D eigenvalue weighted by Gasteiger charge is 2.52. The number of rotatable bonds is 5. The molecule has 1 saturated carbocycles. The number of hydrogen-bond donors (Lipinski definition) is 1. The standard InChI is InChI=1S/C27H39FN2O3/c1-18-15-25-24(10-5-20(3)27(25,32)16-26(18)33-21(4)31)19(2)17-29-11-13-30(14-12-29)23-8-6-22(28)7-9-23/h6-9,15,19-20,24-26,32H,5,10-14,16-17H2,1-4H3/t19?,20-,24+,25-,26-,27-/m1/s1. The number of fused-ring (bicyclic) bond motifs is 1. The summed E-state index contributed by atoms with van der Waals surface area (Å²) in [5.41, 5.74) is 1.33. The van der Waals surface area contributed by atoms with Crippen molar-refractivity contribution in [3.05, 3.63) is 41.7 Å². The number of ether oxygens (including phenoxy) is 1. The fourth-order valence-corrected chi connectivity index (χ4v) is 6.38. The van der Waals surface area contributed by atoms with Gasteiger partial charge in [0.15, 0.2) is 0 Å². The summed E-state index contributed by atoms with van der Waals surface area (Å²) in [5, 5.41) is 11.8. The molecule has 6 heteroatoms. The second kappa shape index (κ2) is 9.75. The van der Waals surface area contributed by atoms with Crippen LogP contribution in [0.3, 0.4) is 0 Å². The fourth-order valence-electron chi connectivity index (χ4n) is 6.38. The van der Waals surface area contributed by atoms with Crippen molar-refractivity contribution < 1.29 is 19.0 Å². The van der Waals surface area contributed by atoms with Crippen LogP contribution in [0.2, 0.25) is 0 Å². The third kappa shape index (κ3) is 5.12. The summed E-state index contributed by atoms with van der Waals surface area (Å²) in [6.07, 6.45) is 4.51. The van der Waals surface area contributed by atoms with Crippen molar-refractivity contribution in [1.82, 2.24) is 4.90 Å². The van der Waals surface area contributed by atoms with Crippen molar-refractivity contribution in [1.29, 1.82) is 0 Å². The van der Waals surface area contributed by atoms with Crippen LogP contribution < -0.4 is 4.90 Å². The van der Waals surface area contributed by atoms with Crippen molar-refractivity contribution in [3.8, 4) is 0 Å². The molecule has 1 aliphatic heterocycles. The molecule has 0 amide bonds. The number of carbonyl (C=O) groups is 1. The van der Waals surface area contributed by atoms with E-state index in [1.165, 1.54) is 19.1 Å². The fraction of sp³-hybridized carbons (Fsp3) is 0.667. The van der Waals surface area contributed by atoms with Gasteiger partial charge in [-0.25, -0.2) is 4.39 Å². The molecule has 0 bridgehead atoms. The minimum absolute atomic E-state index is 0.101. The van der Waals surface area contributed by atoms with E-state index in [1.54, 1.807) is 0 Å². The summed E-state index contributed by atoms with van der Waals surface area (Å²) in [4.78, 5) is 16.4. The molecule has 0 spiro atoms. The average Bonchev–Trinajstić information content (AvgIpc) is 2.77. The van der Waals surface area contributed by atoms with Gasteiger partial charge < -0.3 is 14.7 Å². The highest BCUT2D eigenvalue weighted by molar-refractivity contribution is 5.66. The Morgan fingerprint density at radius 1 is 1.21 bits per heavy atom. The topological polar surface area (TPSA) is 53.0 Å². The van der Waals surface area contributed by atoms with Crippen molar-refractivity contribution >= 4 is 11.7 Å². The zero-order valence-corrected chi connectivity index (χ0v) is 20.5. The molecule has 0 radical (unpaired) electrons. The number of nitrogens with zero attached hydrogens (tertiary/aromatic N) is 2. The van der Waals surface area contributed by atoms with E-state index in [0.29, 0.717) is 18.3 Å². The molecule has 2 fully saturated rings. The van der Waals surface area contributed by atoms with Crippen LogP contribution >= 0.6 is 0 Å². The van der Waals surface area contributed by atoms with Gasteiger partial charge in [-0.1, -0.05) is 19.9 Å². The van der Waals surface area contributed by atoms with Crippen molar-refractivity contribution in [2.24, 2.45) is 23.7 Å². The second-order valence-corrected chi connectivity index (χ2v) is 10.6. The number of aliphatic hydroxyl groups is 1. The summed E-state index contributed by atoms with van der Waals surface area (Å²) < 4.78 is 18.8. The Bertz CT molecular complexity index is 865. The monoisotopic (exact) mass is 458 g/mol. The van der Waals surface area contributed by atoms with E-state index in [9.17, 15) is 14.3 Å². The van der Waals surface area contributed by atoms with Crippen LogP contribution in [0.15, 0.2) is 35.9 Å². The number of anilines is 1. The number of halogens is 1. The zero-order chi connectivity index (χ0) is 23.8. The van der Waals surface area contributed by atoms with Crippen LogP contribution in [0.5, 0.6) is 0 Å². The summed E-state index contributed by atoms with van der Waals surface area (Å²) in [6.45, 7) is 12.8. The molecule has 1 aromatic rings. The molecule has 4 rings (SSSR count). The zero-order valence-electron chi connectivity index (χ0n) is 20.5. The van der Waals surface area contributed by atoms with Gasteiger partial charge in [0.1, 0.15) is 11.9 Å². The van der Waals surface area contributed by atoms with Crippen LogP contribution in [-0.2, 0) is 9.53 Å². The highest BCUT2D eigenvalue weighted by atomic mass is 19.1. The number of carbonyl (C=O) groups excluding carboxylic acids is 1. The lowest BCUT2D eigenvalue weighted by Crippen LogP contribution is -2.56. The van der Waals surface area contributed by atoms with Gasteiger partial charge in [0.2, 0.25) is 0 Å². The van der Waals surface area contributed by atoms with Gasteiger partial charge in [-0.2, -0.15) is 0 Å². The summed E-state index contributed by atoms with van der Waals surface area (Å²) in [6, 6.07) is 6.78. The first-order valence-electron chi connectivity index (χ1n) is 12.5. The lowest BCUT2D eigenvalue weighted by atomic mass is 9.57. The molecular weight excluding hydrogens is 419 g/mol. The number of benzene rings is 1. The number of hydrogen-bond acceptors (Lipinski definition) is 5. The number of piperazine rings is 1. The van der Waals surface area contributed by atoms with Crippen LogP contribution in [-0.4, -0.2) is 60.4 Å². The maximum atomic E-state index is 13.2. The first kappa shape index (κ1) is 24.2. The summed E-state index contributed by atoms with van der Waals surface area (Å²) in [5.74, 6) is 0.675. The predicted molar refractivity (Wildman–Crippen MR) is 128 cm³/mol. The molecule has 1 N–H and O–H groups in total. The largest absolute Gasteiger partial charge is 0.458 e. The molecule has 33 heavy (non-hydrogen) atoms. The van der Waals surface area contributed by atoms with Gasteiger partial charge in [0.05, 0.1) is 5.60 Å². The maximum Gasteiger partial charge on any atom is 0.303 e. The molecule has 1 unspecified atom stereocenters. The Hall–Kier alpha value is -1.92. The van der Waals surface area contributed by atoms with Crippen LogP contribution in [0.4, 0.5) is 10.1 Å². The van der Waals surface area contributed by atoms with Gasteiger partial charge in [0, 0.05) is 57.7 Å². The van der Waals surface area contributed by atoms with Crippen LogP contribution in [0, 0.1) is 29.5 Å². The van der Waals surface area contributed by atoms with Crippen LogP contribution in [0.25, 0.3) is 0 Å². The molecule has 2 aliphatic carbocycles. The molecular formula is C27H39FN2O3. The van der Waals surface area contributed by atoms with E-state index in [2.05, 4.69) is 29.7 Å². The highest BCUT2D eigenvalue weighted by Crippen LogP contribution is 2.51. The smallest absolute Gasteiger partial charge is 0.303 e. The lowest BCUT2D eigenvalue weighted by molar-refractivity contribution is -0.159. The first-order valence-corrected chi connectivity index (χ1v) is 12.5. The predicted octanol–water partition coefficient (Wildman–Crippen LogP) is 4.26. The molecule has 1 saturated heterocycles. The van der Waals surface area contributed by atoms with E-state index in [4.69, 9.17) is 4.74 Å². The van der Waals surface area contributed by atoms with Crippen molar-refractivity contribution in [2.45, 2.75) is 58.7 Å². The third-order valence-electron chi connectivity index (χ3n) is 8.44. The van der Waals surface area contributed by atoms with Gasteiger partial charge in [0.25, 0.3) is 0 Å². The van der Waals surface area contributed by atoms with E-state index in [0.717, 1.165) is 56.8 Å². The minimum Gasteiger partial charge on any atom is -0.458 e. The van der Waals surface area contributed by atoms with E-state index < -0.39 is 5.60 Å². The lowest BCUT2D eigenvalue weighted by Gasteiger charge is -2.53. The molecule has 3 aliphatic rings. The van der Waals surface area contributed by atoms with E-state index >= 15 is 0 Å². The molecule has 0 aromatic heterocycles. The van der Waals surface area contributed by atoms with Gasteiger partial charge in [-0.15, -0.1) is 0 Å². The minimum atomic E-state index is -0.821. The first-order chi connectivity index (χ1) is 15.7. The second-order valence-electron chi connectivity index (χ2n) is 10.6. The number of esters is 1. The van der Waals surface area contributed by atoms with Gasteiger partial charge >= 0.3 is 5.97 Å². The third-order valence-corrected chi connectivity index (χ3v) is 8.44. The van der Waals surface area contributed by atoms with Gasteiger partial charge in [-0.3, -0.25) is 9.69 Å². The Kier molecular flexibility index (Phi) is 7.15. The normalized spacial score (nSPS) is 33.8. The van der Waals surface area contributed by atoms with Gasteiger partial charge in [-0.05, 0) is 67.4 Å². The Balaban J connectivity index is 1.40. The van der Waals surface area contributed by atoms with Crippen LogP contribution in [0.1, 0.15) is 47.0 Å². The summed E-state index contributed by atoms with van der Waals surface area (Å²) >= 11 is 0. The Labute approximate surface area is 197 Å². The van der Waals surface area contributed by atoms with E-state index in [-0.39, 0.29) is 29.7 Å². The molecule has 6 atom stereocenters. The Morgan fingerprint density at radius 3 is 2.52 bits per heavy atom. The quantitative estimate of drug-likeness (QED) is 0.528. The van der Waals surface area contributed by atoms with E-state index in [1.807, 2.05) is 19.1 Å².